The van der Waals surface area contributed by atoms with Gasteiger partial charge in [-0.05, 0) is 35.4 Å². The third-order valence-electron chi connectivity index (χ3n) is 3.02. The molecule has 3 aromatic rings. The first kappa shape index (κ1) is 12.5. The molecule has 0 aliphatic heterocycles. The van der Waals surface area contributed by atoms with Gasteiger partial charge in [0, 0.05) is 0 Å². The van der Waals surface area contributed by atoms with Gasteiger partial charge in [-0.3, -0.25) is 0 Å². The van der Waals surface area contributed by atoms with Crippen molar-refractivity contribution in [2.75, 3.05) is 5.73 Å². The van der Waals surface area contributed by atoms with E-state index in [-0.39, 0.29) is 5.95 Å². The molecule has 3 rings (SSSR count). The normalized spacial score (nSPS) is 11.9. The lowest BCUT2D eigenvalue weighted by Crippen LogP contribution is -2.04. The summed E-state index contributed by atoms with van der Waals surface area (Å²) in [6.45, 7) is 0. The number of hydrogen-bond acceptors (Lipinski definition) is 2. The molecule has 102 valence electrons. The molecule has 0 unspecified atom stereocenters. The van der Waals surface area contributed by atoms with Crippen LogP contribution in [0.4, 0.5) is 19.1 Å². The van der Waals surface area contributed by atoms with Crippen LogP contribution >= 0.6 is 0 Å². The van der Waals surface area contributed by atoms with Crippen molar-refractivity contribution in [1.82, 2.24) is 9.97 Å². The second kappa shape index (κ2) is 4.26. The molecule has 2 aromatic carbocycles. The summed E-state index contributed by atoms with van der Waals surface area (Å²) in [4.78, 5) is 6.93. The van der Waals surface area contributed by atoms with Gasteiger partial charge in [0.25, 0.3) is 0 Å². The second-order valence-electron chi connectivity index (χ2n) is 4.43. The predicted molar refractivity (Wildman–Crippen MR) is 70.9 cm³/mol. The zero-order valence-electron chi connectivity index (χ0n) is 10.2. The molecule has 0 radical (unpaired) electrons. The lowest BCUT2D eigenvalue weighted by atomic mass is 10.0. The van der Waals surface area contributed by atoms with E-state index in [2.05, 4.69) is 9.97 Å². The minimum absolute atomic E-state index is 0.279. The van der Waals surface area contributed by atoms with Crippen LogP contribution in [0.25, 0.3) is 22.2 Å². The number of aromatic nitrogens is 2. The number of rotatable bonds is 1. The van der Waals surface area contributed by atoms with Crippen molar-refractivity contribution in [3.8, 4) is 11.1 Å². The van der Waals surface area contributed by atoms with Crippen molar-refractivity contribution in [2.45, 2.75) is 6.18 Å². The minimum atomic E-state index is -4.35. The van der Waals surface area contributed by atoms with Crippen molar-refractivity contribution < 1.29 is 13.2 Å². The number of hydrogen-bond donors (Lipinski definition) is 2. The van der Waals surface area contributed by atoms with E-state index in [0.29, 0.717) is 16.6 Å². The van der Waals surface area contributed by atoms with Gasteiger partial charge < -0.3 is 10.7 Å². The Bertz CT molecular complexity index is 775. The number of imidazole rings is 1. The molecule has 6 heteroatoms. The molecule has 1 heterocycles. The fourth-order valence-corrected chi connectivity index (χ4v) is 2.08. The first-order chi connectivity index (χ1) is 9.43. The van der Waals surface area contributed by atoms with Gasteiger partial charge in [-0.25, -0.2) is 4.98 Å². The van der Waals surface area contributed by atoms with Crippen LogP contribution in [0.3, 0.4) is 0 Å². The molecule has 0 spiro atoms. The van der Waals surface area contributed by atoms with Crippen LogP contribution in [0.15, 0.2) is 42.5 Å². The highest BCUT2D eigenvalue weighted by Crippen LogP contribution is 2.32. The fourth-order valence-electron chi connectivity index (χ4n) is 2.08. The molecule has 3 N–H and O–H groups in total. The van der Waals surface area contributed by atoms with Crippen molar-refractivity contribution in [3.63, 3.8) is 0 Å². The summed E-state index contributed by atoms with van der Waals surface area (Å²) in [6, 6.07) is 10.4. The highest BCUT2D eigenvalue weighted by atomic mass is 19.4. The summed E-state index contributed by atoms with van der Waals surface area (Å²) in [5.41, 5.74) is 7.40. The number of anilines is 1. The summed E-state index contributed by atoms with van der Waals surface area (Å²) >= 11 is 0. The molecule has 0 saturated carbocycles. The fraction of sp³-hybridized carbons (Fsp3) is 0.0714. The molecular weight excluding hydrogens is 267 g/mol. The number of fused-ring (bicyclic) bond motifs is 1. The number of nitrogens with two attached hydrogens (primary N) is 1. The average molecular weight is 277 g/mol. The zero-order valence-corrected chi connectivity index (χ0v) is 10.2. The molecule has 3 nitrogen and oxygen atoms in total. The Hall–Kier alpha value is -2.50. The number of nitrogens with one attached hydrogen (secondary N) is 1. The number of benzene rings is 2. The molecule has 20 heavy (non-hydrogen) atoms. The summed E-state index contributed by atoms with van der Waals surface area (Å²) in [5.74, 6) is 0.279. The Morgan fingerprint density at radius 1 is 1.00 bits per heavy atom. The molecule has 0 amide bonds. The molecular formula is C14H10F3N3. The summed E-state index contributed by atoms with van der Waals surface area (Å²) in [5, 5.41) is 0. The lowest BCUT2D eigenvalue weighted by molar-refractivity contribution is -0.137. The number of H-pyrrole nitrogens is 1. The summed E-state index contributed by atoms with van der Waals surface area (Å²) < 4.78 is 38.1. The molecule has 1 aromatic heterocycles. The molecule has 0 aliphatic rings. The Labute approximate surface area is 112 Å². The topological polar surface area (TPSA) is 54.7 Å². The Balaban J connectivity index is 2.10. The number of nitrogen functional groups attached to an aromatic ring is 1. The molecule has 0 fully saturated rings. The number of aromatic amines is 1. The highest BCUT2D eigenvalue weighted by molar-refractivity contribution is 5.83. The third-order valence-corrected chi connectivity index (χ3v) is 3.02. The molecule has 0 saturated heterocycles. The smallest absolute Gasteiger partial charge is 0.369 e. The maximum absolute atomic E-state index is 12.7. The highest BCUT2D eigenvalue weighted by Gasteiger charge is 2.30. The van der Waals surface area contributed by atoms with Crippen LogP contribution < -0.4 is 5.73 Å². The molecule has 0 aliphatic carbocycles. The van der Waals surface area contributed by atoms with Crippen LogP contribution in [-0.4, -0.2) is 9.97 Å². The Kier molecular flexibility index (Phi) is 2.67. The number of halogens is 3. The first-order valence-corrected chi connectivity index (χ1v) is 5.86. The summed E-state index contributed by atoms with van der Waals surface area (Å²) in [6.07, 6.45) is -4.35. The van der Waals surface area contributed by atoms with Gasteiger partial charge in [0.1, 0.15) is 0 Å². The monoisotopic (exact) mass is 277 g/mol. The van der Waals surface area contributed by atoms with E-state index in [9.17, 15) is 13.2 Å². The van der Waals surface area contributed by atoms with Gasteiger partial charge in [-0.1, -0.05) is 18.2 Å². The maximum atomic E-state index is 12.7. The van der Waals surface area contributed by atoms with Gasteiger partial charge in [0.15, 0.2) is 5.95 Å². The van der Waals surface area contributed by atoms with Gasteiger partial charge >= 0.3 is 6.18 Å². The van der Waals surface area contributed by atoms with E-state index in [1.165, 1.54) is 6.07 Å². The Morgan fingerprint density at radius 3 is 2.50 bits per heavy atom. The number of nitrogens with zero attached hydrogens (tertiary/aromatic N) is 1. The maximum Gasteiger partial charge on any atom is 0.416 e. The van der Waals surface area contributed by atoms with Crippen molar-refractivity contribution in [3.05, 3.63) is 48.0 Å². The van der Waals surface area contributed by atoms with Gasteiger partial charge in [0.05, 0.1) is 16.6 Å². The average Bonchev–Trinajstić information content (AvgIpc) is 2.77. The molecule has 0 atom stereocenters. The van der Waals surface area contributed by atoms with Crippen LogP contribution in [-0.2, 0) is 6.18 Å². The van der Waals surface area contributed by atoms with Crippen LogP contribution in [0.2, 0.25) is 0 Å². The van der Waals surface area contributed by atoms with Crippen LogP contribution in [0.5, 0.6) is 0 Å². The van der Waals surface area contributed by atoms with E-state index in [1.807, 2.05) is 0 Å². The van der Waals surface area contributed by atoms with E-state index in [1.54, 1.807) is 24.3 Å². The van der Waals surface area contributed by atoms with Crippen molar-refractivity contribution in [2.24, 2.45) is 0 Å². The quantitative estimate of drug-likeness (QED) is 0.710. The third kappa shape index (κ3) is 2.20. The predicted octanol–water partition coefficient (Wildman–Crippen LogP) is 3.83. The first-order valence-electron chi connectivity index (χ1n) is 5.86. The van der Waals surface area contributed by atoms with E-state index >= 15 is 0 Å². The van der Waals surface area contributed by atoms with E-state index < -0.39 is 11.7 Å². The van der Waals surface area contributed by atoms with Gasteiger partial charge in [-0.2, -0.15) is 13.2 Å². The van der Waals surface area contributed by atoms with E-state index in [4.69, 9.17) is 5.73 Å². The van der Waals surface area contributed by atoms with Crippen molar-refractivity contribution >= 4 is 17.0 Å². The standard InChI is InChI=1S/C14H10F3N3/c15-14(16,17)10-3-1-2-8(6-10)9-4-5-11-12(7-9)20-13(18)19-11/h1-7H,(H3,18,19,20). The van der Waals surface area contributed by atoms with Gasteiger partial charge in [0.2, 0.25) is 0 Å². The molecule has 0 bridgehead atoms. The van der Waals surface area contributed by atoms with Crippen LogP contribution in [0, 0.1) is 0 Å². The number of alkyl halides is 3. The van der Waals surface area contributed by atoms with Crippen molar-refractivity contribution in [1.29, 1.82) is 0 Å². The van der Waals surface area contributed by atoms with Gasteiger partial charge in [-0.15, -0.1) is 0 Å². The minimum Gasteiger partial charge on any atom is -0.369 e. The van der Waals surface area contributed by atoms with E-state index in [0.717, 1.165) is 17.6 Å². The largest absolute Gasteiger partial charge is 0.416 e. The summed E-state index contributed by atoms with van der Waals surface area (Å²) in [7, 11) is 0. The lowest BCUT2D eigenvalue weighted by Gasteiger charge is -2.08. The zero-order chi connectivity index (χ0) is 14.3. The van der Waals surface area contributed by atoms with Crippen LogP contribution in [0.1, 0.15) is 5.56 Å². The second-order valence-corrected chi connectivity index (χ2v) is 4.43. The SMILES string of the molecule is Nc1nc2cc(-c3cccc(C(F)(F)F)c3)ccc2[nH]1. The Morgan fingerprint density at radius 2 is 1.75 bits per heavy atom.